The lowest BCUT2D eigenvalue weighted by molar-refractivity contribution is 0.122. The van der Waals surface area contributed by atoms with E-state index < -0.39 is 0 Å². The Morgan fingerprint density at radius 3 is 2.50 bits per heavy atom. The van der Waals surface area contributed by atoms with E-state index in [4.69, 9.17) is 4.74 Å². The highest BCUT2D eigenvalue weighted by Gasteiger charge is 2.32. The first-order chi connectivity index (χ1) is 12.7. The van der Waals surface area contributed by atoms with Gasteiger partial charge in [0.05, 0.1) is 13.2 Å². The average Bonchev–Trinajstić information content (AvgIpc) is 2.70. The van der Waals surface area contributed by atoms with Crippen molar-refractivity contribution in [1.82, 2.24) is 14.9 Å². The van der Waals surface area contributed by atoms with E-state index in [1.807, 2.05) is 12.4 Å². The van der Waals surface area contributed by atoms with E-state index in [2.05, 4.69) is 57.0 Å². The van der Waals surface area contributed by atoms with Gasteiger partial charge in [0.1, 0.15) is 0 Å². The molecule has 2 saturated heterocycles. The van der Waals surface area contributed by atoms with Gasteiger partial charge in [-0.3, -0.25) is 4.90 Å². The smallest absolute Gasteiger partial charge is 0.225 e. The maximum atomic E-state index is 5.40. The summed E-state index contributed by atoms with van der Waals surface area (Å²) in [7, 11) is 0. The van der Waals surface area contributed by atoms with Crippen molar-refractivity contribution < 1.29 is 4.74 Å². The number of hydrogen-bond donors (Lipinski definition) is 0. The third-order valence-corrected chi connectivity index (χ3v) is 5.64. The second kappa shape index (κ2) is 7.72. The van der Waals surface area contributed by atoms with Gasteiger partial charge in [-0.2, -0.15) is 0 Å². The lowest BCUT2D eigenvalue weighted by Crippen LogP contribution is -2.43. The maximum absolute atomic E-state index is 5.40. The topological polar surface area (TPSA) is 41.5 Å². The molecule has 1 atom stereocenters. The summed E-state index contributed by atoms with van der Waals surface area (Å²) in [4.78, 5) is 13.9. The Hall–Kier alpha value is -1.98. The molecule has 0 N–H and O–H groups in total. The van der Waals surface area contributed by atoms with Gasteiger partial charge in [-0.15, -0.1) is 0 Å². The average molecular weight is 352 g/mol. The third kappa shape index (κ3) is 3.89. The van der Waals surface area contributed by atoms with Crippen LogP contribution in [0.25, 0.3) is 0 Å². The lowest BCUT2D eigenvalue weighted by Gasteiger charge is -2.41. The fourth-order valence-corrected chi connectivity index (χ4v) is 4.17. The van der Waals surface area contributed by atoms with E-state index >= 15 is 0 Å². The first-order valence-corrected chi connectivity index (χ1v) is 9.64. The van der Waals surface area contributed by atoms with E-state index in [-0.39, 0.29) is 5.41 Å². The van der Waals surface area contributed by atoms with Crippen molar-refractivity contribution in [3.05, 3.63) is 53.9 Å². The second-order valence-corrected chi connectivity index (χ2v) is 7.73. The van der Waals surface area contributed by atoms with Crippen molar-refractivity contribution in [2.24, 2.45) is 0 Å². The summed E-state index contributed by atoms with van der Waals surface area (Å²) < 4.78 is 5.40. The van der Waals surface area contributed by atoms with Gasteiger partial charge in [0.25, 0.3) is 0 Å². The van der Waals surface area contributed by atoms with Crippen LogP contribution in [0.1, 0.15) is 30.9 Å². The van der Waals surface area contributed by atoms with Crippen LogP contribution in [-0.4, -0.2) is 54.3 Å². The molecular weight excluding hydrogens is 324 g/mol. The van der Waals surface area contributed by atoms with Gasteiger partial charge in [0.15, 0.2) is 0 Å². The third-order valence-electron chi connectivity index (χ3n) is 5.64. The molecule has 4 rings (SSSR count). The molecule has 5 nitrogen and oxygen atoms in total. The zero-order valence-corrected chi connectivity index (χ0v) is 15.6. The van der Waals surface area contributed by atoms with Gasteiger partial charge in [0, 0.05) is 49.6 Å². The van der Waals surface area contributed by atoms with Gasteiger partial charge in [0.2, 0.25) is 5.95 Å². The first kappa shape index (κ1) is 17.4. The summed E-state index contributed by atoms with van der Waals surface area (Å²) in [6.07, 6.45) is 6.47. The van der Waals surface area contributed by atoms with Crippen molar-refractivity contribution >= 4 is 5.95 Å². The Labute approximate surface area is 156 Å². The predicted molar refractivity (Wildman–Crippen MR) is 103 cm³/mol. The van der Waals surface area contributed by atoms with Crippen LogP contribution in [0.15, 0.2) is 42.7 Å². The fraction of sp³-hybridized carbons (Fsp3) is 0.524. The molecule has 0 unspecified atom stereocenters. The molecule has 0 saturated carbocycles. The zero-order valence-electron chi connectivity index (χ0n) is 15.6. The molecule has 1 aromatic heterocycles. The molecule has 138 valence electrons. The van der Waals surface area contributed by atoms with Crippen LogP contribution < -0.4 is 4.90 Å². The predicted octanol–water partition coefficient (Wildman–Crippen LogP) is 2.87. The van der Waals surface area contributed by atoms with Crippen LogP contribution in [0.4, 0.5) is 5.95 Å². The summed E-state index contributed by atoms with van der Waals surface area (Å²) in [5.41, 5.74) is 2.87. The Morgan fingerprint density at radius 2 is 1.77 bits per heavy atom. The number of hydrogen-bond acceptors (Lipinski definition) is 5. The number of morpholine rings is 1. The SMILES string of the molecule is C[C@@]1(c2ccccc2)CCCN(Cc2cnc(N3CCOCC3)nc2)C1. The molecule has 5 heteroatoms. The lowest BCUT2D eigenvalue weighted by atomic mass is 9.76. The van der Waals surface area contributed by atoms with E-state index in [9.17, 15) is 0 Å². The summed E-state index contributed by atoms with van der Waals surface area (Å²) in [6, 6.07) is 10.9. The van der Waals surface area contributed by atoms with Gasteiger partial charge >= 0.3 is 0 Å². The van der Waals surface area contributed by atoms with Gasteiger partial charge in [-0.25, -0.2) is 9.97 Å². The quantitative estimate of drug-likeness (QED) is 0.846. The van der Waals surface area contributed by atoms with Crippen molar-refractivity contribution in [3.8, 4) is 0 Å². The minimum Gasteiger partial charge on any atom is -0.378 e. The molecule has 3 heterocycles. The van der Waals surface area contributed by atoms with Crippen LogP contribution >= 0.6 is 0 Å². The summed E-state index contributed by atoms with van der Waals surface area (Å²) in [6.45, 7) is 8.82. The molecule has 0 aliphatic carbocycles. The highest BCUT2D eigenvalue weighted by Crippen LogP contribution is 2.34. The maximum Gasteiger partial charge on any atom is 0.225 e. The van der Waals surface area contributed by atoms with E-state index in [1.54, 1.807) is 0 Å². The van der Waals surface area contributed by atoms with Crippen LogP contribution in [0, 0.1) is 0 Å². The summed E-state index contributed by atoms with van der Waals surface area (Å²) in [5.74, 6) is 0.824. The Morgan fingerprint density at radius 1 is 1.04 bits per heavy atom. The molecule has 2 aliphatic rings. The molecule has 1 aromatic carbocycles. The summed E-state index contributed by atoms with van der Waals surface area (Å²) in [5, 5.41) is 0. The monoisotopic (exact) mass is 352 g/mol. The second-order valence-electron chi connectivity index (χ2n) is 7.73. The molecule has 26 heavy (non-hydrogen) atoms. The van der Waals surface area contributed by atoms with E-state index in [1.165, 1.54) is 24.0 Å². The molecule has 0 bridgehead atoms. The van der Waals surface area contributed by atoms with Crippen molar-refractivity contribution in [2.75, 3.05) is 44.3 Å². The molecule has 2 aliphatic heterocycles. The number of likely N-dealkylation sites (tertiary alicyclic amines) is 1. The Bertz CT molecular complexity index is 700. The van der Waals surface area contributed by atoms with Crippen LogP contribution in [-0.2, 0) is 16.7 Å². The minimum atomic E-state index is 0.230. The highest BCUT2D eigenvalue weighted by molar-refractivity contribution is 5.30. The normalized spacial score (nSPS) is 24.6. The van der Waals surface area contributed by atoms with E-state index in [0.717, 1.165) is 51.9 Å². The van der Waals surface area contributed by atoms with Crippen molar-refractivity contribution in [3.63, 3.8) is 0 Å². The van der Waals surface area contributed by atoms with Gasteiger partial charge < -0.3 is 9.64 Å². The number of benzene rings is 1. The number of anilines is 1. The first-order valence-electron chi connectivity index (χ1n) is 9.64. The number of rotatable bonds is 4. The van der Waals surface area contributed by atoms with Gasteiger partial charge in [-0.05, 0) is 24.9 Å². The summed E-state index contributed by atoms with van der Waals surface area (Å²) >= 11 is 0. The standard InChI is InChI=1S/C21H28N4O/c1-21(19-6-3-2-4-7-19)8-5-9-24(17-21)16-18-14-22-20(23-15-18)25-10-12-26-13-11-25/h2-4,6-7,14-15H,5,8-13,16-17H2,1H3/t21-/m1/s1. The molecule has 0 radical (unpaired) electrons. The van der Waals surface area contributed by atoms with Crippen molar-refractivity contribution in [1.29, 1.82) is 0 Å². The number of ether oxygens (including phenoxy) is 1. The highest BCUT2D eigenvalue weighted by atomic mass is 16.5. The zero-order chi connectivity index (χ0) is 17.8. The largest absolute Gasteiger partial charge is 0.378 e. The molecular formula is C21H28N4O. The van der Waals surface area contributed by atoms with Crippen LogP contribution in [0.3, 0.4) is 0 Å². The van der Waals surface area contributed by atoms with Crippen LogP contribution in [0.2, 0.25) is 0 Å². The minimum absolute atomic E-state index is 0.230. The van der Waals surface area contributed by atoms with E-state index in [0.29, 0.717) is 0 Å². The molecule has 2 fully saturated rings. The fourth-order valence-electron chi connectivity index (χ4n) is 4.17. The molecule has 0 amide bonds. The number of aromatic nitrogens is 2. The Kier molecular flexibility index (Phi) is 5.18. The van der Waals surface area contributed by atoms with Crippen LogP contribution in [0.5, 0.6) is 0 Å². The van der Waals surface area contributed by atoms with Crippen molar-refractivity contribution in [2.45, 2.75) is 31.7 Å². The number of nitrogens with zero attached hydrogens (tertiary/aromatic N) is 4. The molecule has 2 aromatic rings. The Balaban J connectivity index is 1.40. The number of piperidine rings is 1. The molecule has 0 spiro atoms. The van der Waals surface area contributed by atoms with Gasteiger partial charge in [-0.1, -0.05) is 37.3 Å².